The van der Waals surface area contributed by atoms with E-state index in [4.69, 9.17) is 12.2 Å². The summed E-state index contributed by atoms with van der Waals surface area (Å²) in [5.41, 5.74) is 3.49. The highest BCUT2D eigenvalue weighted by Crippen LogP contribution is 2.32. The Kier molecular flexibility index (Phi) is 3.48. The van der Waals surface area contributed by atoms with Crippen molar-refractivity contribution in [3.05, 3.63) is 10.5 Å². The van der Waals surface area contributed by atoms with Crippen molar-refractivity contribution in [1.29, 1.82) is 0 Å². The van der Waals surface area contributed by atoms with Crippen LogP contribution < -0.4 is 0 Å². The van der Waals surface area contributed by atoms with Crippen molar-refractivity contribution < 1.29 is 0 Å². The van der Waals surface area contributed by atoms with Gasteiger partial charge in [0.15, 0.2) is 10.4 Å². The molecule has 2 heterocycles. The number of hydrogen-bond donors (Lipinski definition) is 1. The van der Waals surface area contributed by atoms with E-state index in [1.165, 1.54) is 37.8 Å². The second kappa shape index (κ2) is 5.12. The summed E-state index contributed by atoms with van der Waals surface area (Å²) in [4.78, 5) is 3.39. The number of rotatable bonds is 3. The van der Waals surface area contributed by atoms with Crippen LogP contribution in [0.1, 0.15) is 57.2 Å². The average molecular weight is 278 g/mol. The Labute approximate surface area is 118 Å². The average Bonchev–Trinajstić information content (AvgIpc) is 2.89. The lowest BCUT2D eigenvalue weighted by Crippen LogP contribution is -2.14. The van der Waals surface area contributed by atoms with Crippen molar-refractivity contribution in [2.75, 3.05) is 0 Å². The van der Waals surface area contributed by atoms with E-state index < -0.39 is 0 Å². The van der Waals surface area contributed by atoms with Crippen LogP contribution in [-0.2, 0) is 13.5 Å². The van der Waals surface area contributed by atoms with Crippen molar-refractivity contribution in [3.8, 4) is 0 Å². The van der Waals surface area contributed by atoms with Gasteiger partial charge in [-0.2, -0.15) is 5.10 Å². The number of H-pyrrole nitrogens is 1. The molecule has 3 rings (SSSR count). The molecule has 1 aliphatic rings. The van der Waals surface area contributed by atoms with Gasteiger partial charge in [-0.25, -0.2) is 0 Å². The highest BCUT2D eigenvalue weighted by molar-refractivity contribution is 7.71. The Morgan fingerprint density at radius 1 is 1.32 bits per heavy atom. The fraction of sp³-hybridized carbons (Fsp3) is 0.714. The molecule has 1 aliphatic carbocycles. The number of aromatic amines is 1. The van der Waals surface area contributed by atoms with Gasteiger partial charge in [0.1, 0.15) is 5.52 Å². The quantitative estimate of drug-likeness (QED) is 0.865. The highest BCUT2D eigenvalue weighted by atomic mass is 32.1. The third-order valence-electron chi connectivity index (χ3n) is 4.19. The van der Waals surface area contributed by atoms with E-state index in [2.05, 4.69) is 21.6 Å². The van der Waals surface area contributed by atoms with Gasteiger partial charge in [-0.1, -0.05) is 32.6 Å². The maximum Gasteiger partial charge on any atom is 0.179 e. The van der Waals surface area contributed by atoms with Crippen LogP contribution in [-0.4, -0.2) is 19.3 Å². The molecule has 2 aromatic rings. The molecule has 0 atom stereocenters. The number of fused-ring (bicyclic) bond motifs is 1. The molecule has 104 valence electrons. The molecule has 0 unspecified atom stereocenters. The molecular weight excluding hydrogens is 256 g/mol. The monoisotopic (exact) mass is 278 g/mol. The zero-order chi connectivity index (χ0) is 13.4. The van der Waals surface area contributed by atoms with Crippen LogP contribution in [0.4, 0.5) is 0 Å². The minimum atomic E-state index is 0.555. The normalized spacial score (nSPS) is 17.4. The number of nitrogens with zero attached hydrogens (tertiary/aromatic N) is 3. The number of aryl methyl sites for hydroxylation is 2. The summed E-state index contributed by atoms with van der Waals surface area (Å²) in [6, 6.07) is 0.555. The largest absolute Gasteiger partial charge is 0.328 e. The van der Waals surface area contributed by atoms with Crippen LogP contribution in [0.5, 0.6) is 0 Å². The molecule has 1 fully saturated rings. The van der Waals surface area contributed by atoms with Crippen LogP contribution in [0.15, 0.2) is 0 Å². The number of nitrogens with one attached hydrogen (secondary N) is 1. The van der Waals surface area contributed by atoms with E-state index in [0.29, 0.717) is 6.04 Å². The first-order valence-electron chi connectivity index (χ1n) is 7.38. The summed E-state index contributed by atoms with van der Waals surface area (Å²) in [6.45, 7) is 2.19. The van der Waals surface area contributed by atoms with Crippen LogP contribution in [0.25, 0.3) is 11.2 Å². The maximum atomic E-state index is 5.56. The molecular formula is C14H22N4S. The molecule has 0 aliphatic heterocycles. The summed E-state index contributed by atoms with van der Waals surface area (Å²) in [7, 11) is 2.03. The third-order valence-corrected chi connectivity index (χ3v) is 4.49. The van der Waals surface area contributed by atoms with Gasteiger partial charge >= 0.3 is 0 Å². The van der Waals surface area contributed by atoms with Gasteiger partial charge < -0.3 is 4.98 Å². The SMILES string of the molecule is CCCc1nn(C)c2c1[nH]c(=S)n2C1CCCCC1. The molecule has 1 N–H and O–H groups in total. The van der Waals surface area contributed by atoms with Crippen LogP contribution in [0.2, 0.25) is 0 Å². The molecule has 0 saturated heterocycles. The second-order valence-corrected chi connectivity index (χ2v) is 6.00. The van der Waals surface area contributed by atoms with Crippen molar-refractivity contribution in [2.24, 2.45) is 7.05 Å². The van der Waals surface area contributed by atoms with Crippen LogP contribution in [0.3, 0.4) is 0 Å². The fourth-order valence-electron chi connectivity index (χ4n) is 3.33. The van der Waals surface area contributed by atoms with Crippen molar-refractivity contribution in [3.63, 3.8) is 0 Å². The summed E-state index contributed by atoms with van der Waals surface area (Å²) in [6.07, 6.45) is 8.62. The molecule has 0 aromatic carbocycles. The lowest BCUT2D eigenvalue weighted by Gasteiger charge is -2.23. The Hall–Kier alpha value is -1.10. The van der Waals surface area contributed by atoms with Gasteiger partial charge in [-0.3, -0.25) is 9.25 Å². The van der Waals surface area contributed by atoms with Crippen molar-refractivity contribution >= 4 is 23.4 Å². The molecule has 2 aromatic heterocycles. The Morgan fingerprint density at radius 3 is 2.74 bits per heavy atom. The lowest BCUT2D eigenvalue weighted by molar-refractivity contribution is 0.354. The van der Waals surface area contributed by atoms with E-state index in [0.717, 1.165) is 28.8 Å². The van der Waals surface area contributed by atoms with E-state index in [9.17, 15) is 0 Å². The van der Waals surface area contributed by atoms with Gasteiger partial charge in [0.2, 0.25) is 0 Å². The molecule has 0 radical (unpaired) electrons. The zero-order valence-electron chi connectivity index (χ0n) is 11.8. The van der Waals surface area contributed by atoms with Gasteiger partial charge in [-0.05, 0) is 31.5 Å². The number of hydrogen-bond acceptors (Lipinski definition) is 2. The number of aromatic nitrogens is 4. The van der Waals surface area contributed by atoms with Crippen molar-refractivity contribution in [1.82, 2.24) is 19.3 Å². The van der Waals surface area contributed by atoms with Gasteiger partial charge in [0.25, 0.3) is 0 Å². The molecule has 0 spiro atoms. The highest BCUT2D eigenvalue weighted by Gasteiger charge is 2.22. The minimum absolute atomic E-state index is 0.555. The van der Waals surface area contributed by atoms with E-state index >= 15 is 0 Å². The first-order valence-corrected chi connectivity index (χ1v) is 7.79. The van der Waals surface area contributed by atoms with Gasteiger partial charge in [-0.15, -0.1) is 0 Å². The minimum Gasteiger partial charge on any atom is -0.328 e. The molecule has 5 heteroatoms. The predicted molar refractivity (Wildman–Crippen MR) is 80.0 cm³/mol. The second-order valence-electron chi connectivity index (χ2n) is 5.61. The van der Waals surface area contributed by atoms with Gasteiger partial charge in [0.05, 0.1) is 5.69 Å². The number of imidazole rings is 1. The topological polar surface area (TPSA) is 38.5 Å². The summed E-state index contributed by atoms with van der Waals surface area (Å²) in [5, 5.41) is 4.65. The van der Waals surface area contributed by atoms with Crippen molar-refractivity contribution in [2.45, 2.75) is 57.9 Å². The summed E-state index contributed by atoms with van der Waals surface area (Å²) in [5.74, 6) is 0. The van der Waals surface area contributed by atoms with E-state index in [-0.39, 0.29) is 0 Å². The Bertz CT molecular complexity index is 628. The molecule has 4 nitrogen and oxygen atoms in total. The molecule has 19 heavy (non-hydrogen) atoms. The standard InChI is InChI=1S/C14H22N4S/c1-3-7-11-12-13(17(2)16-11)18(14(19)15-12)10-8-5-4-6-9-10/h10H,3-9H2,1-2H3,(H,15,19). The van der Waals surface area contributed by atoms with Crippen LogP contribution >= 0.6 is 12.2 Å². The smallest absolute Gasteiger partial charge is 0.179 e. The first kappa shape index (κ1) is 12.9. The first-order chi connectivity index (χ1) is 9.22. The summed E-state index contributed by atoms with van der Waals surface area (Å²) < 4.78 is 5.18. The molecule has 1 saturated carbocycles. The van der Waals surface area contributed by atoms with E-state index in [1.54, 1.807) is 0 Å². The van der Waals surface area contributed by atoms with Crippen LogP contribution in [0, 0.1) is 4.77 Å². The van der Waals surface area contributed by atoms with Gasteiger partial charge in [0, 0.05) is 13.1 Å². The lowest BCUT2D eigenvalue weighted by atomic mass is 9.95. The predicted octanol–water partition coefficient (Wildman–Crippen LogP) is 3.89. The maximum absolute atomic E-state index is 5.56. The summed E-state index contributed by atoms with van der Waals surface area (Å²) >= 11 is 5.56. The fourth-order valence-corrected chi connectivity index (χ4v) is 3.66. The molecule has 0 amide bonds. The Morgan fingerprint density at radius 2 is 2.05 bits per heavy atom. The Balaban J connectivity index is 2.13. The van der Waals surface area contributed by atoms with E-state index in [1.807, 2.05) is 11.7 Å². The molecule has 0 bridgehead atoms. The third kappa shape index (κ3) is 2.14. The zero-order valence-corrected chi connectivity index (χ0v) is 12.6.